The quantitative estimate of drug-likeness (QED) is 0.528. The number of rotatable bonds is 1. The molecule has 10 heavy (non-hydrogen) atoms. The van der Waals surface area contributed by atoms with Gasteiger partial charge in [-0.05, 0) is 0 Å². The normalized spacial score (nSPS) is 32.1. The van der Waals surface area contributed by atoms with Crippen LogP contribution in [-0.2, 0) is 4.74 Å². The molecule has 0 aromatic heterocycles. The molecule has 0 aromatic rings. The maximum Gasteiger partial charge on any atom is 0.507 e. The molecule has 0 aliphatic carbocycles. The van der Waals surface area contributed by atoms with Gasteiger partial charge in [-0.15, -0.1) is 0 Å². The molecule has 0 amide bonds. The van der Waals surface area contributed by atoms with Gasteiger partial charge in [0.15, 0.2) is 6.23 Å². The monoisotopic (exact) mass is 149 g/mol. The van der Waals surface area contributed by atoms with Crippen molar-refractivity contribution in [2.75, 3.05) is 6.54 Å². The molecule has 1 heterocycles. The summed E-state index contributed by atoms with van der Waals surface area (Å²) in [5.41, 5.74) is 0. The Morgan fingerprint density at radius 1 is 1.80 bits per heavy atom. The van der Waals surface area contributed by atoms with Crippen LogP contribution in [0.4, 0.5) is 9.18 Å². The summed E-state index contributed by atoms with van der Waals surface area (Å²) >= 11 is 0. The van der Waals surface area contributed by atoms with Gasteiger partial charge >= 0.3 is 6.16 Å². The molecule has 1 fully saturated rings. The molecule has 0 spiro atoms. The van der Waals surface area contributed by atoms with Gasteiger partial charge in [0.1, 0.15) is 6.17 Å². The topological polar surface area (TPSA) is 58.6 Å². The van der Waals surface area contributed by atoms with Gasteiger partial charge in [-0.25, -0.2) is 9.18 Å². The maximum absolute atomic E-state index is 12.3. The van der Waals surface area contributed by atoms with E-state index >= 15 is 0 Å². The average molecular weight is 149 g/mol. The Bertz CT molecular complexity index is 141. The zero-order valence-electron chi connectivity index (χ0n) is 5.21. The van der Waals surface area contributed by atoms with Crippen molar-refractivity contribution < 1.29 is 19.0 Å². The highest BCUT2D eigenvalue weighted by Crippen LogP contribution is 2.10. The summed E-state index contributed by atoms with van der Waals surface area (Å²) < 4.78 is 16.5. The van der Waals surface area contributed by atoms with E-state index in [1.165, 1.54) is 0 Å². The van der Waals surface area contributed by atoms with Crippen LogP contribution in [-0.4, -0.2) is 30.2 Å². The summed E-state index contributed by atoms with van der Waals surface area (Å²) in [6.07, 6.45) is -2.89. The molecule has 5 heteroatoms. The van der Waals surface area contributed by atoms with Gasteiger partial charge in [-0.3, -0.25) is 5.32 Å². The summed E-state index contributed by atoms with van der Waals surface area (Å²) in [6, 6.07) is 0. The van der Waals surface area contributed by atoms with Crippen molar-refractivity contribution in [3.05, 3.63) is 0 Å². The zero-order valence-corrected chi connectivity index (χ0v) is 5.21. The van der Waals surface area contributed by atoms with Gasteiger partial charge < -0.3 is 9.84 Å². The van der Waals surface area contributed by atoms with Crippen molar-refractivity contribution in [1.82, 2.24) is 5.32 Å². The van der Waals surface area contributed by atoms with Crippen LogP contribution < -0.4 is 5.32 Å². The van der Waals surface area contributed by atoms with E-state index in [0.717, 1.165) is 0 Å². The molecule has 4 nitrogen and oxygen atoms in total. The van der Waals surface area contributed by atoms with Crippen LogP contribution in [0.25, 0.3) is 0 Å². The van der Waals surface area contributed by atoms with Gasteiger partial charge in [0.05, 0.1) is 0 Å². The summed E-state index contributed by atoms with van der Waals surface area (Å²) in [4.78, 5) is 9.88. The second-order valence-corrected chi connectivity index (χ2v) is 2.11. The van der Waals surface area contributed by atoms with Gasteiger partial charge in [-0.1, -0.05) is 0 Å². The van der Waals surface area contributed by atoms with Crippen molar-refractivity contribution in [3.63, 3.8) is 0 Å². The second kappa shape index (κ2) is 2.83. The highest BCUT2D eigenvalue weighted by molar-refractivity contribution is 5.57. The first-order chi connectivity index (χ1) is 4.68. The number of alkyl halides is 1. The summed E-state index contributed by atoms with van der Waals surface area (Å²) in [7, 11) is 0. The standard InChI is InChI=1S/C5H8FNO3/c6-3-1-4(7-2-3)10-5(8)9/h3-4,7H,1-2H2,(H,8,9)/t3-,4+/m1/s1. The van der Waals surface area contributed by atoms with Crippen molar-refractivity contribution in [2.24, 2.45) is 0 Å². The first-order valence-corrected chi connectivity index (χ1v) is 2.95. The molecule has 2 N–H and O–H groups in total. The van der Waals surface area contributed by atoms with Gasteiger partial charge in [-0.2, -0.15) is 0 Å². The number of hydrogen-bond donors (Lipinski definition) is 2. The molecule has 0 bridgehead atoms. The average Bonchev–Trinajstić information content (AvgIpc) is 2.13. The van der Waals surface area contributed by atoms with Gasteiger partial charge in [0, 0.05) is 13.0 Å². The lowest BCUT2D eigenvalue weighted by atomic mass is 10.3. The molecule has 1 rings (SSSR count). The van der Waals surface area contributed by atoms with Crippen LogP contribution in [0.2, 0.25) is 0 Å². The first-order valence-electron chi connectivity index (χ1n) is 2.95. The molecule has 58 valence electrons. The molecular weight excluding hydrogens is 141 g/mol. The fourth-order valence-corrected chi connectivity index (χ4v) is 0.870. The Balaban J connectivity index is 2.24. The van der Waals surface area contributed by atoms with Crippen molar-refractivity contribution in [2.45, 2.75) is 18.8 Å². The lowest BCUT2D eigenvalue weighted by Gasteiger charge is -2.06. The highest BCUT2D eigenvalue weighted by atomic mass is 19.1. The zero-order chi connectivity index (χ0) is 7.56. The third kappa shape index (κ3) is 1.84. The lowest BCUT2D eigenvalue weighted by molar-refractivity contribution is 0.0436. The van der Waals surface area contributed by atoms with Crippen molar-refractivity contribution >= 4 is 6.16 Å². The third-order valence-corrected chi connectivity index (χ3v) is 1.28. The van der Waals surface area contributed by atoms with E-state index in [0.29, 0.717) is 0 Å². The number of carbonyl (C=O) groups is 1. The molecule has 0 radical (unpaired) electrons. The number of ether oxygens (including phenoxy) is 1. The van der Waals surface area contributed by atoms with E-state index < -0.39 is 18.6 Å². The SMILES string of the molecule is O=C(O)O[C@H]1C[C@@H](F)CN1. The molecule has 2 atom stereocenters. The molecule has 1 aliphatic rings. The first kappa shape index (κ1) is 7.27. The Hall–Kier alpha value is -0.840. The molecular formula is C5H8FNO3. The minimum Gasteiger partial charge on any atom is -0.450 e. The fourth-order valence-electron chi connectivity index (χ4n) is 0.870. The minimum atomic E-state index is -1.37. The van der Waals surface area contributed by atoms with E-state index in [9.17, 15) is 9.18 Å². The summed E-state index contributed by atoms with van der Waals surface area (Å²) in [5, 5.41) is 10.6. The molecule has 1 aliphatic heterocycles. The predicted molar refractivity (Wildman–Crippen MR) is 30.4 cm³/mol. The Morgan fingerprint density at radius 2 is 2.50 bits per heavy atom. The molecule has 0 saturated carbocycles. The van der Waals surface area contributed by atoms with Crippen LogP contribution in [0, 0.1) is 0 Å². The largest absolute Gasteiger partial charge is 0.507 e. The predicted octanol–water partition coefficient (Wildman–Crippen LogP) is 0.339. The Morgan fingerprint density at radius 3 is 2.90 bits per heavy atom. The summed E-state index contributed by atoms with van der Waals surface area (Å²) in [6.45, 7) is 0.179. The van der Waals surface area contributed by atoms with E-state index in [-0.39, 0.29) is 13.0 Å². The highest BCUT2D eigenvalue weighted by Gasteiger charge is 2.26. The van der Waals surface area contributed by atoms with Crippen LogP contribution in [0.3, 0.4) is 0 Å². The fraction of sp³-hybridized carbons (Fsp3) is 0.800. The maximum atomic E-state index is 12.3. The number of hydrogen-bond acceptors (Lipinski definition) is 3. The number of nitrogens with one attached hydrogen (secondary N) is 1. The minimum absolute atomic E-state index is 0.117. The third-order valence-electron chi connectivity index (χ3n) is 1.28. The van der Waals surface area contributed by atoms with E-state index in [1.54, 1.807) is 0 Å². The van der Waals surface area contributed by atoms with E-state index in [4.69, 9.17) is 5.11 Å². The van der Waals surface area contributed by atoms with Crippen LogP contribution >= 0.6 is 0 Å². The van der Waals surface area contributed by atoms with Crippen molar-refractivity contribution in [3.8, 4) is 0 Å². The number of halogens is 1. The van der Waals surface area contributed by atoms with E-state index in [2.05, 4.69) is 10.1 Å². The van der Waals surface area contributed by atoms with Crippen LogP contribution in [0.5, 0.6) is 0 Å². The molecule has 0 unspecified atom stereocenters. The Kier molecular flexibility index (Phi) is 2.06. The van der Waals surface area contributed by atoms with Gasteiger partial charge in [0.25, 0.3) is 0 Å². The smallest absolute Gasteiger partial charge is 0.450 e. The van der Waals surface area contributed by atoms with Crippen LogP contribution in [0.15, 0.2) is 0 Å². The van der Waals surface area contributed by atoms with Crippen LogP contribution in [0.1, 0.15) is 6.42 Å². The van der Waals surface area contributed by atoms with E-state index in [1.807, 2.05) is 0 Å². The Labute approximate surface area is 57.0 Å². The van der Waals surface area contributed by atoms with Gasteiger partial charge in [0.2, 0.25) is 0 Å². The second-order valence-electron chi connectivity index (χ2n) is 2.11. The number of carboxylic acid groups (broad SMARTS) is 1. The summed E-state index contributed by atoms with van der Waals surface area (Å²) in [5.74, 6) is 0. The molecule has 0 aromatic carbocycles. The lowest BCUT2D eigenvalue weighted by Crippen LogP contribution is -2.26. The molecule has 1 saturated heterocycles. The van der Waals surface area contributed by atoms with Crippen molar-refractivity contribution in [1.29, 1.82) is 0 Å².